The van der Waals surface area contributed by atoms with Gasteiger partial charge in [0.25, 0.3) is 11.5 Å². The van der Waals surface area contributed by atoms with Crippen LogP contribution in [0.2, 0.25) is 0 Å². The van der Waals surface area contributed by atoms with Gasteiger partial charge in [-0.1, -0.05) is 6.42 Å². The molecule has 1 aliphatic heterocycles. The average molecular weight is 322 g/mol. The summed E-state index contributed by atoms with van der Waals surface area (Å²) in [7, 11) is -3.23. The summed E-state index contributed by atoms with van der Waals surface area (Å²) in [5.41, 5.74) is 1.57. The van der Waals surface area contributed by atoms with Crippen molar-refractivity contribution in [1.29, 1.82) is 0 Å². The van der Waals surface area contributed by atoms with Gasteiger partial charge in [-0.2, -0.15) is 0 Å². The number of fused-ring (bicyclic) bond motifs is 1. The van der Waals surface area contributed by atoms with Crippen molar-refractivity contribution in [2.24, 2.45) is 0 Å². The number of aromatic nitrogens is 1. The monoisotopic (exact) mass is 322 g/mol. The summed E-state index contributed by atoms with van der Waals surface area (Å²) in [4.78, 5) is 27.1. The van der Waals surface area contributed by atoms with E-state index >= 15 is 0 Å². The Hall–Kier alpha value is -1.89. The Morgan fingerprint density at radius 2 is 2.00 bits per heavy atom. The lowest BCUT2D eigenvalue weighted by molar-refractivity contribution is 0.0946. The minimum atomic E-state index is -3.23. The van der Waals surface area contributed by atoms with Gasteiger partial charge in [0.1, 0.15) is 5.56 Å². The SMILES string of the molecule is O=C(NC1C=CS(=O)(=O)C1)c1cc2c([nH]c1=O)CCCCC2. The molecule has 2 N–H and O–H groups in total. The molecule has 3 rings (SSSR count). The van der Waals surface area contributed by atoms with Crippen LogP contribution < -0.4 is 10.9 Å². The number of hydrogen-bond donors (Lipinski definition) is 2. The fourth-order valence-corrected chi connectivity index (χ4v) is 4.17. The molecule has 1 aromatic rings. The molecule has 22 heavy (non-hydrogen) atoms. The van der Waals surface area contributed by atoms with Gasteiger partial charge in [-0.3, -0.25) is 9.59 Å². The highest BCUT2D eigenvalue weighted by molar-refractivity contribution is 7.94. The van der Waals surface area contributed by atoms with E-state index < -0.39 is 27.3 Å². The minimum Gasteiger partial charge on any atom is -0.345 e. The fourth-order valence-electron chi connectivity index (χ4n) is 2.93. The van der Waals surface area contributed by atoms with Gasteiger partial charge < -0.3 is 10.3 Å². The molecule has 1 amide bonds. The molecule has 2 heterocycles. The van der Waals surface area contributed by atoms with Gasteiger partial charge in [0, 0.05) is 11.1 Å². The van der Waals surface area contributed by atoms with Gasteiger partial charge in [-0.15, -0.1) is 0 Å². The van der Waals surface area contributed by atoms with E-state index in [1.807, 2.05) is 0 Å². The zero-order valence-electron chi connectivity index (χ0n) is 12.1. The zero-order chi connectivity index (χ0) is 15.7. The second-order valence-electron chi connectivity index (χ2n) is 5.81. The third kappa shape index (κ3) is 3.14. The third-order valence-electron chi connectivity index (χ3n) is 4.08. The molecule has 1 aliphatic carbocycles. The molecule has 0 spiro atoms. The second kappa shape index (κ2) is 5.72. The summed E-state index contributed by atoms with van der Waals surface area (Å²) < 4.78 is 22.7. The number of hydrogen-bond acceptors (Lipinski definition) is 4. The van der Waals surface area contributed by atoms with Crippen LogP contribution in [-0.4, -0.2) is 31.1 Å². The lowest BCUT2D eigenvalue weighted by Crippen LogP contribution is -2.38. The number of amides is 1. The maximum Gasteiger partial charge on any atom is 0.261 e. The number of carbonyl (C=O) groups excluding carboxylic acids is 1. The van der Waals surface area contributed by atoms with Gasteiger partial charge in [-0.25, -0.2) is 8.42 Å². The molecule has 118 valence electrons. The first-order chi connectivity index (χ1) is 10.4. The van der Waals surface area contributed by atoms with Crippen molar-refractivity contribution >= 4 is 15.7 Å². The first-order valence-electron chi connectivity index (χ1n) is 7.41. The lowest BCUT2D eigenvalue weighted by atomic mass is 10.1. The molecule has 1 aromatic heterocycles. The number of rotatable bonds is 2. The van der Waals surface area contributed by atoms with E-state index in [1.54, 1.807) is 6.07 Å². The molecular formula is C15H18N2O4S. The molecule has 2 aliphatic rings. The van der Waals surface area contributed by atoms with Gasteiger partial charge >= 0.3 is 0 Å². The predicted molar refractivity (Wildman–Crippen MR) is 82.5 cm³/mol. The Morgan fingerprint density at radius 3 is 2.73 bits per heavy atom. The summed E-state index contributed by atoms with van der Waals surface area (Å²) in [5, 5.41) is 3.69. The van der Waals surface area contributed by atoms with Crippen molar-refractivity contribution in [3.8, 4) is 0 Å². The van der Waals surface area contributed by atoms with Crippen LogP contribution in [0.25, 0.3) is 0 Å². The average Bonchev–Trinajstić information content (AvgIpc) is 2.66. The Balaban J connectivity index is 1.82. The highest BCUT2D eigenvalue weighted by Crippen LogP contribution is 2.18. The lowest BCUT2D eigenvalue weighted by Gasteiger charge is -2.11. The molecule has 0 saturated heterocycles. The molecule has 0 saturated carbocycles. The van der Waals surface area contributed by atoms with E-state index in [0.29, 0.717) is 0 Å². The van der Waals surface area contributed by atoms with Crippen molar-refractivity contribution in [2.75, 3.05) is 5.75 Å². The smallest absolute Gasteiger partial charge is 0.261 e. The second-order valence-corrected chi connectivity index (χ2v) is 7.75. The number of aromatic amines is 1. The third-order valence-corrected chi connectivity index (χ3v) is 5.47. The van der Waals surface area contributed by atoms with Crippen LogP contribution in [0.4, 0.5) is 0 Å². The van der Waals surface area contributed by atoms with Crippen LogP contribution in [0.3, 0.4) is 0 Å². The summed E-state index contributed by atoms with van der Waals surface area (Å²) in [6.45, 7) is 0. The van der Waals surface area contributed by atoms with Gasteiger partial charge in [-0.05, 0) is 43.4 Å². The highest BCUT2D eigenvalue weighted by Gasteiger charge is 2.25. The molecule has 1 atom stereocenters. The maximum atomic E-state index is 12.2. The number of carbonyl (C=O) groups is 1. The van der Waals surface area contributed by atoms with E-state index in [0.717, 1.165) is 48.8 Å². The quantitative estimate of drug-likeness (QED) is 0.783. The first kappa shape index (κ1) is 15.0. The van der Waals surface area contributed by atoms with Crippen LogP contribution >= 0.6 is 0 Å². The number of nitrogens with one attached hydrogen (secondary N) is 2. The van der Waals surface area contributed by atoms with Crippen LogP contribution in [-0.2, 0) is 22.7 Å². The van der Waals surface area contributed by atoms with E-state index in [1.165, 1.54) is 6.08 Å². The Kier molecular flexibility index (Phi) is 3.90. The standard InChI is InChI=1S/C15H18N2O4S/c18-14(16-11-6-7-22(20,21)9-11)12-8-10-4-2-1-3-5-13(10)17-15(12)19/h6-8,11H,1-5,9H2,(H,16,18)(H,17,19). The van der Waals surface area contributed by atoms with E-state index in [4.69, 9.17) is 0 Å². The molecule has 7 heteroatoms. The maximum absolute atomic E-state index is 12.2. The molecule has 1 unspecified atom stereocenters. The van der Waals surface area contributed by atoms with Crippen molar-refractivity contribution in [1.82, 2.24) is 10.3 Å². The van der Waals surface area contributed by atoms with Crippen molar-refractivity contribution < 1.29 is 13.2 Å². The van der Waals surface area contributed by atoms with Crippen LogP contribution in [0.5, 0.6) is 0 Å². The van der Waals surface area contributed by atoms with Crippen molar-refractivity contribution in [3.05, 3.63) is 44.7 Å². The first-order valence-corrected chi connectivity index (χ1v) is 9.13. The Morgan fingerprint density at radius 1 is 1.23 bits per heavy atom. The summed E-state index contributed by atoms with van der Waals surface area (Å²) in [5.74, 6) is -0.679. The van der Waals surface area contributed by atoms with Gasteiger partial charge in [0.15, 0.2) is 9.84 Å². The largest absolute Gasteiger partial charge is 0.345 e. The highest BCUT2D eigenvalue weighted by atomic mass is 32.2. The predicted octanol–water partition coefficient (Wildman–Crippen LogP) is 0.684. The van der Waals surface area contributed by atoms with Crippen LogP contribution in [0.15, 0.2) is 22.3 Å². The molecule has 0 fully saturated rings. The normalized spacial score (nSPS) is 22.8. The number of aryl methyl sites for hydroxylation is 2. The topological polar surface area (TPSA) is 96.1 Å². The van der Waals surface area contributed by atoms with Crippen LogP contribution in [0, 0.1) is 0 Å². The van der Waals surface area contributed by atoms with Gasteiger partial charge in [0.2, 0.25) is 0 Å². The van der Waals surface area contributed by atoms with Gasteiger partial charge in [0.05, 0.1) is 11.8 Å². The van der Waals surface area contributed by atoms with E-state index in [2.05, 4.69) is 10.3 Å². The van der Waals surface area contributed by atoms with Crippen molar-refractivity contribution in [3.63, 3.8) is 0 Å². The molecule has 6 nitrogen and oxygen atoms in total. The summed E-state index contributed by atoms with van der Waals surface area (Å²) >= 11 is 0. The molecule has 0 aromatic carbocycles. The summed E-state index contributed by atoms with van der Waals surface area (Å²) in [6, 6.07) is 1.08. The van der Waals surface area contributed by atoms with Crippen molar-refractivity contribution in [2.45, 2.75) is 38.1 Å². The van der Waals surface area contributed by atoms with Crippen LogP contribution in [0.1, 0.15) is 40.9 Å². The zero-order valence-corrected chi connectivity index (χ0v) is 12.9. The number of H-pyrrole nitrogens is 1. The minimum absolute atomic E-state index is 0.0540. The van der Waals surface area contributed by atoms with E-state index in [-0.39, 0.29) is 11.3 Å². The van der Waals surface area contributed by atoms with E-state index in [9.17, 15) is 18.0 Å². The summed E-state index contributed by atoms with van der Waals surface area (Å²) in [6.07, 6.45) is 6.32. The Bertz CT molecular complexity index is 792. The number of pyridine rings is 1. The molecule has 0 bridgehead atoms. The Labute approximate surface area is 128 Å². The molecular weight excluding hydrogens is 304 g/mol. The fraction of sp³-hybridized carbons (Fsp3) is 0.467. The molecule has 0 radical (unpaired) electrons. The number of sulfone groups is 1.